The van der Waals surface area contributed by atoms with Gasteiger partial charge < -0.3 is 5.32 Å². The standard InChI is InChI=1S/C17H24ClN3/c1-11-13(18)19-10-20-14(11)21-17-6-12-4-15(2,8-17)7-16(3,5-12)9-17/h10,12H,4-9H2,1-3H3,(H,19,20,21). The Hall–Kier alpha value is -0.830. The molecule has 3 nitrogen and oxygen atoms in total. The van der Waals surface area contributed by atoms with Crippen molar-refractivity contribution in [2.75, 3.05) is 5.32 Å². The molecule has 2 unspecified atom stereocenters. The number of halogens is 1. The molecule has 0 spiro atoms. The SMILES string of the molecule is Cc1c(Cl)ncnc1NC12CC3CC(C)(CC(C)(C3)C1)C2. The minimum Gasteiger partial charge on any atom is -0.364 e. The third kappa shape index (κ3) is 2.16. The number of anilines is 1. The molecule has 0 saturated heterocycles. The first-order valence-electron chi connectivity index (χ1n) is 8.06. The van der Waals surface area contributed by atoms with E-state index in [-0.39, 0.29) is 5.54 Å². The molecule has 21 heavy (non-hydrogen) atoms. The van der Waals surface area contributed by atoms with Crippen LogP contribution >= 0.6 is 11.6 Å². The molecule has 4 aliphatic rings. The van der Waals surface area contributed by atoms with Gasteiger partial charge in [-0.2, -0.15) is 0 Å². The molecule has 4 saturated carbocycles. The molecular formula is C17H24ClN3. The lowest BCUT2D eigenvalue weighted by Gasteiger charge is -2.65. The molecule has 4 heteroatoms. The molecule has 4 bridgehead atoms. The van der Waals surface area contributed by atoms with Crippen LogP contribution in [0.3, 0.4) is 0 Å². The lowest BCUT2D eigenvalue weighted by atomic mass is 9.43. The molecule has 2 atom stereocenters. The van der Waals surface area contributed by atoms with Crippen LogP contribution in [0.5, 0.6) is 0 Å². The van der Waals surface area contributed by atoms with Gasteiger partial charge in [-0.1, -0.05) is 25.4 Å². The van der Waals surface area contributed by atoms with Crippen molar-refractivity contribution in [3.8, 4) is 0 Å². The van der Waals surface area contributed by atoms with Gasteiger partial charge in [0.25, 0.3) is 0 Å². The molecule has 0 aromatic carbocycles. The van der Waals surface area contributed by atoms with Crippen molar-refractivity contribution in [3.05, 3.63) is 17.0 Å². The van der Waals surface area contributed by atoms with E-state index in [1.807, 2.05) is 6.92 Å². The van der Waals surface area contributed by atoms with Crippen molar-refractivity contribution in [3.63, 3.8) is 0 Å². The maximum absolute atomic E-state index is 6.16. The zero-order chi connectivity index (χ0) is 14.9. The summed E-state index contributed by atoms with van der Waals surface area (Å²) < 4.78 is 0. The van der Waals surface area contributed by atoms with Gasteiger partial charge in [0.05, 0.1) is 0 Å². The third-order valence-electron chi connectivity index (χ3n) is 6.03. The molecule has 0 amide bonds. The third-order valence-corrected chi connectivity index (χ3v) is 6.41. The maximum atomic E-state index is 6.16. The predicted molar refractivity (Wildman–Crippen MR) is 85.5 cm³/mol. The van der Waals surface area contributed by atoms with Gasteiger partial charge in [-0.05, 0) is 62.2 Å². The van der Waals surface area contributed by atoms with Gasteiger partial charge in [-0.25, -0.2) is 9.97 Å². The Bertz CT molecular complexity index is 582. The monoisotopic (exact) mass is 305 g/mol. The zero-order valence-corrected chi connectivity index (χ0v) is 13.9. The molecule has 0 radical (unpaired) electrons. The van der Waals surface area contributed by atoms with Crippen LogP contribution < -0.4 is 5.32 Å². The van der Waals surface area contributed by atoms with E-state index in [0.29, 0.717) is 16.0 Å². The first kappa shape index (κ1) is 13.8. The summed E-state index contributed by atoms with van der Waals surface area (Å²) in [6.45, 7) is 6.99. The van der Waals surface area contributed by atoms with Gasteiger partial charge >= 0.3 is 0 Å². The molecule has 0 aliphatic heterocycles. The molecule has 1 aromatic heterocycles. The Morgan fingerprint density at radius 1 is 1.10 bits per heavy atom. The lowest BCUT2D eigenvalue weighted by Crippen LogP contribution is -2.61. The highest BCUT2D eigenvalue weighted by Crippen LogP contribution is 2.66. The second-order valence-electron chi connectivity index (χ2n) is 8.67. The number of hydrogen-bond donors (Lipinski definition) is 1. The van der Waals surface area contributed by atoms with Crippen molar-refractivity contribution in [2.24, 2.45) is 16.7 Å². The molecule has 4 aliphatic carbocycles. The van der Waals surface area contributed by atoms with Gasteiger partial charge in [0.1, 0.15) is 17.3 Å². The molecule has 1 heterocycles. The van der Waals surface area contributed by atoms with Crippen molar-refractivity contribution in [1.29, 1.82) is 0 Å². The Labute approximate surface area is 131 Å². The van der Waals surface area contributed by atoms with E-state index >= 15 is 0 Å². The van der Waals surface area contributed by atoms with Crippen molar-refractivity contribution in [2.45, 2.75) is 64.8 Å². The lowest BCUT2D eigenvalue weighted by molar-refractivity contribution is -0.0974. The van der Waals surface area contributed by atoms with Crippen molar-refractivity contribution in [1.82, 2.24) is 9.97 Å². The molecule has 1 aromatic rings. The molecule has 4 fully saturated rings. The van der Waals surface area contributed by atoms with Crippen LogP contribution in [-0.2, 0) is 0 Å². The van der Waals surface area contributed by atoms with E-state index in [4.69, 9.17) is 11.6 Å². The fourth-order valence-electron chi connectivity index (χ4n) is 6.39. The largest absolute Gasteiger partial charge is 0.364 e. The number of aromatic nitrogens is 2. The highest BCUT2D eigenvalue weighted by molar-refractivity contribution is 6.30. The smallest absolute Gasteiger partial charge is 0.137 e. The van der Waals surface area contributed by atoms with Crippen LogP contribution in [0.15, 0.2) is 6.33 Å². The summed E-state index contributed by atoms with van der Waals surface area (Å²) in [5, 5.41) is 4.38. The first-order valence-corrected chi connectivity index (χ1v) is 8.44. The van der Waals surface area contributed by atoms with E-state index in [0.717, 1.165) is 17.3 Å². The summed E-state index contributed by atoms with van der Waals surface area (Å²) in [7, 11) is 0. The number of nitrogens with one attached hydrogen (secondary N) is 1. The second kappa shape index (κ2) is 4.13. The summed E-state index contributed by atoms with van der Waals surface area (Å²) in [4.78, 5) is 8.53. The average Bonchev–Trinajstić information content (AvgIpc) is 2.30. The molecule has 1 N–H and O–H groups in total. The van der Waals surface area contributed by atoms with Crippen LogP contribution in [0.2, 0.25) is 5.15 Å². The highest BCUT2D eigenvalue weighted by Gasteiger charge is 2.60. The zero-order valence-electron chi connectivity index (χ0n) is 13.2. The Morgan fingerprint density at radius 2 is 1.76 bits per heavy atom. The Kier molecular flexibility index (Phi) is 2.71. The second-order valence-corrected chi connectivity index (χ2v) is 9.03. The van der Waals surface area contributed by atoms with Crippen LogP contribution in [0, 0.1) is 23.7 Å². The summed E-state index contributed by atoms with van der Waals surface area (Å²) >= 11 is 6.16. The van der Waals surface area contributed by atoms with Gasteiger partial charge in [-0.15, -0.1) is 0 Å². The molecular weight excluding hydrogens is 282 g/mol. The van der Waals surface area contributed by atoms with E-state index < -0.39 is 0 Å². The highest BCUT2D eigenvalue weighted by atomic mass is 35.5. The molecule has 114 valence electrons. The first-order chi connectivity index (χ1) is 9.81. The van der Waals surface area contributed by atoms with Crippen molar-refractivity contribution < 1.29 is 0 Å². The quantitative estimate of drug-likeness (QED) is 0.811. The van der Waals surface area contributed by atoms with Crippen molar-refractivity contribution >= 4 is 17.4 Å². The van der Waals surface area contributed by atoms with E-state index in [9.17, 15) is 0 Å². The Balaban J connectivity index is 1.70. The molecule has 5 rings (SSSR count). The van der Waals surface area contributed by atoms with Crippen LogP contribution in [0.4, 0.5) is 5.82 Å². The van der Waals surface area contributed by atoms with Gasteiger partial charge in [-0.3, -0.25) is 0 Å². The van der Waals surface area contributed by atoms with Crippen LogP contribution in [0.1, 0.15) is 57.9 Å². The fraction of sp³-hybridized carbons (Fsp3) is 0.765. The maximum Gasteiger partial charge on any atom is 0.137 e. The van der Waals surface area contributed by atoms with E-state index in [2.05, 4.69) is 29.1 Å². The van der Waals surface area contributed by atoms with Gasteiger partial charge in [0, 0.05) is 11.1 Å². The van der Waals surface area contributed by atoms with Crippen LogP contribution in [-0.4, -0.2) is 15.5 Å². The van der Waals surface area contributed by atoms with Gasteiger partial charge in [0.2, 0.25) is 0 Å². The van der Waals surface area contributed by atoms with Gasteiger partial charge in [0.15, 0.2) is 0 Å². The summed E-state index contributed by atoms with van der Waals surface area (Å²) in [5.41, 5.74) is 2.20. The predicted octanol–water partition coefficient (Wildman–Crippen LogP) is 4.60. The number of rotatable bonds is 2. The van der Waals surface area contributed by atoms with Crippen LogP contribution in [0.25, 0.3) is 0 Å². The van der Waals surface area contributed by atoms with E-state index in [1.165, 1.54) is 38.5 Å². The number of hydrogen-bond acceptors (Lipinski definition) is 3. The average molecular weight is 306 g/mol. The summed E-state index contributed by atoms with van der Waals surface area (Å²) in [5.74, 6) is 1.81. The Morgan fingerprint density at radius 3 is 2.38 bits per heavy atom. The normalized spacial score (nSPS) is 44.1. The minimum absolute atomic E-state index is 0.214. The topological polar surface area (TPSA) is 37.8 Å². The summed E-state index contributed by atoms with van der Waals surface area (Å²) in [6, 6.07) is 0. The fourth-order valence-corrected chi connectivity index (χ4v) is 6.53. The summed E-state index contributed by atoms with van der Waals surface area (Å²) in [6.07, 6.45) is 9.62. The number of nitrogens with zero attached hydrogens (tertiary/aromatic N) is 2. The minimum atomic E-state index is 0.214. The van der Waals surface area contributed by atoms with E-state index in [1.54, 1.807) is 6.33 Å².